The van der Waals surface area contributed by atoms with E-state index in [4.69, 9.17) is 18.6 Å². The molecule has 7 N–H and O–H groups in total. The maximum Gasteiger partial charge on any atom is 0.402 e. The van der Waals surface area contributed by atoms with E-state index in [1.165, 1.54) is 37.4 Å². The summed E-state index contributed by atoms with van der Waals surface area (Å²) in [5, 5.41) is 70.0. The fourth-order valence-corrected chi connectivity index (χ4v) is 3.58. The molecule has 2 heterocycles. The molecule has 1 saturated heterocycles. The zero-order valence-corrected chi connectivity index (χ0v) is 18.5. The Morgan fingerprint density at radius 2 is 1.65 bits per heavy atom. The predicted octanol–water partition coefficient (Wildman–Crippen LogP) is -2.31. The van der Waals surface area contributed by atoms with Crippen molar-refractivity contribution in [1.82, 2.24) is 0 Å². The average Bonchev–Trinajstić information content (AvgIpc) is 2.79. The molecule has 0 saturated carbocycles. The van der Waals surface area contributed by atoms with Crippen LogP contribution in [0.4, 0.5) is 0 Å². The highest BCUT2D eigenvalue weighted by Gasteiger charge is 2.45. The number of phenols is 3. The number of benzene rings is 2. The molecule has 1 aromatic heterocycles. The van der Waals surface area contributed by atoms with E-state index in [2.05, 4.69) is 0 Å². The van der Waals surface area contributed by atoms with Crippen LogP contribution in [-0.2, 0) is 4.74 Å². The number of hydrogen-bond donors (Lipinski definition) is 7. The highest BCUT2D eigenvalue weighted by atomic mass is 35.5. The smallest absolute Gasteiger partial charge is 0.402 e. The summed E-state index contributed by atoms with van der Waals surface area (Å²) in [6.45, 7) is -0.644. The Hall–Kier alpha value is -3.06. The Bertz CT molecular complexity index is 1170. The van der Waals surface area contributed by atoms with Crippen LogP contribution in [0.1, 0.15) is 0 Å². The first kappa shape index (κ1) is 25.6. The number of aliphatic hydroxyl groups is 4. The molecule has 3 aromatic rings. The second-order valence-corrected chi connectivity index (χ2v) is 7.52. The first-order valence-corrected chi connectivity index (χ1v) is 9.91. The Labute approximate surface area is 199 Å². The van der Waals surface area contributed by atoms with Crippen molar-refractivity contribution < 1.29 is 66.8 Å². The molecule has 1 aliphatic heterocycles. The normalized spacial score (nSPS) is 24.4. The summed E-state index contributed by atoms with van der Waals surface area (Å²) >= 11 is 0. The molecule has 0 radical (unpaired) electrons. The molecule has 1 aliphatic rings. The van der Waals surface area contributed by atoms with Gasteiger partial charge in [-0.05, 0) is 12.1 Å². The van der Waals surface area contributed by atoms with Crippen LogP contribution in [0.15, 0.2) is 40.8 Å². The topological polar surface area (TPSA) is 181 Å². The fourth-order valence-electron chi connectivity index (χ4n) is 3.58. The zero-order chi connectivity index (χ0) is 23.9. The Morgan fingerprint density at radius 1 is 0.912 bits per heavy atom. The summed E-state index contributed by atoms with van der Waals surface area (Å²) in [7, 11) is 1.36. The third-order valence-corrected chi connectivity index (χ3v) is 5.35. The van der Waals surface area contributed by atoms with Gasteiger partial charge in [0.05, 0.1) is 25.3 Å². The van der Waals surface area contributed by atoms with E-state index in [1.54, 1.807) is 0 Å². The van der Waals surface area contributed by atoms with E-state index in [0.29, 0.717) is 5.56 Å². The van der Waals surface area contributed by atoms with Crippen LogP contribution in [-0.4, -0.2) is 80.2 Å². The van der Waals surface area contributed by atoms with Gasteiger partial charge in [0.25, 0.3) is 0 Å². The van der Waals surface area contributed by atoms with Crippen molar-refractivity contribution in [3.8, 4) is 40.1 Å². The number of methoxy groups -OCH3 is 1. The van der Waals surface area contributed by atoms with E-state index >= 15 is 0 Å². The molecule has 12 heteroatoms. The number of aromatic hydroxyl groups is 3. The Balaban J connectivity index is 0.00000324. The summed E-state index contributed by atoms with van der Waals surface area (Å²) in [4.78, 5) is 0. The van der Waals surface area contributed by atoms with Crippen molar-refractivity contribution in [3.63, 3.8) is 0 Å². The highest BCUT2D eigenvalue weighted by Crippen LogP contribution is 2.42. The van der Waals surface area contributed by atoms with Gasteiger partial charge in [0, 0.05) is 18.2 Å². The predicted molar refractivity (Wildman–Crippen MR) is 112 cm³/mol. The minimum atomic E-state index is -1.69. The first-order chi connectivity index (χ1) is 15.7. The van der Waals surface area contributed by atoms with Crippen LogP contribution < -0.4 is 21.9 Å². The number of halogens is 1. The van der Waals surface area contributed by atoms with Gasteiger partial charge in [0.2, 0.25) is 12.0 Å². The standard InChI is InChI=1S/C22H22O11.ClH/c1-30-15-4-9(2-3-12(15)25)21-16(7-11-13(26)5-10(24)6-14(11)31-21)32-22-20(29)19(28)18(27)17(8-23)33-22;/h2-7,17-20,22-23,27-29H,8H2,1H3,(H2-,24,25,26);1H/t17-,18-,19+,20-,22+;/m1./s1. The van der Waals surface area contributed by atoms with E-state index in [-0.39, 0.29) is 57.9 Å². The molecule has 11 nitrogen and oxygen atoms in total. The molecule has 2 aromatic carbocycles. The van der Waals surface area contributed by atoms with Gasteiger partial charge in [0.15, 0.2) is 11.5 Å². The van der Waals surface area contributed by atoms with Crippen LogP contribution in [0, 0.1) is 0 Å². The second kappa shape index (κ2) is 10.1. The third-order valence-electron chi connectivity index (χ3n) is 5.35. The lowest BCUT2D eigenvalue weighted by molar-refractivity contribution is -0.277. The van der Waals surface area contributed by atoms with Gasteiger partial charge in [-0.15, -0.1) is 0 Å². The average molecular weight is 499 g/mol. The van der Waals surface area contributed by atoms with Gasteiger partial charge < -0.3 is 62.4 Å². The Kier molecular flexibility index (Phi) is 7.56. The summed E-state index contributed by atoms with van der Waals surface area (Å²) < 4.78 is 22.2. The molecular weight excluding hydrogens is 476 g/mol. The number of fused-ring (bicyclic) bond motifs is 1. The number of phenolic OH excluding ortho intramolecular Hbond substituents is 3. The fraction of sp³-hybridized carbons (Fsp3) is 0.318. The second-order valence-electron chi connectivity index (χ2n) is 7.52. The number of ether oxygens (including phenoxy) is 3. The third kappa shape index (κ3) is 4.62. The van der Waals surface area contributed by atoms with Gasteiger partial charge in [0.1, 0.15) is 41.3 Å². The summed E-state index contributed by atoms with van der Waals surface area (Å²) in [5.74, 6) is -0.583. The molecule has 1 fully saturated rings. The van der Waals surface area contributed by atoms with Gasteiger partial charge in [-0.3, -0.25) is 0 Å². The Morgan fingerprint density at radius 3 is 2.32 bits per heavy atom. The zero-order valence-electron chi connectivity index (χ0n) is 17.7. The number of rotatable bonds is 5. The highest BCUT2D eigenvalue weighted by molar-refractivity contribution is 5.88. The monoisotopic (exact) mass is 498 g/mol. The molecule has 0 aliphatic carbocycles. The molecular formula is C22H23ClO11. The van der Waals surface area contributed by atoms with E-state index in [0.717, 1.165) is 6.07 Å². The molecule has 184 valence electrons. The number of hydrogen-bond acceptors (Lipinski definition) is 10. The SMILES string of the molecule is COc1cc(-c2[o+]c3cc(O)cc(O)c3cc2O[C@H]2O[C@H](CO)[C@@H](O)[C@H](O)[C@H]2O)ccc1O.[Cl-]. The minimum Gasteiger partial charge on any atom is -1.00 e. The van der Waals surface area contributed by atoms with Crippen molar-refractivity contribution in [1.29, 1.82) is 0 Å². The summed E-state index contributed by atoms with van der Waals surface area (Å²) in [6.07, 6.45) is -7.65. The lowest BCUT2D eigenvalue weighted by Gasteiger charge is -2.39. The van der Waals surface area contributed by atoms with Crippen LogP contribution in [0.2, 0.25) is 0 Å². The lowest BCUT2D eigenvalue weighted by Crippen LogP contribution is -3.00. The maximum atomic E-state index is 10.4. The van der Waals surface area contributed by atoms with Gasteiger partial charge in [-0.2, -0.15) is 0 Å². The van der Waals surface area contributed by atoms with Gasteiger partial charge in [-0.25, -0.2) is 4.42 Å². The van der Waals surface area contributed by atoms with Crippen LogP contribution >= 0.6 is 0 Å². The van der Waals surface area contributed by atoms with Crippen LogP contribution in [0.3, 0.4) is 0 Å². The lowest BCUT2D eigenvalue weighted by atomic mass is 9.99. The van der Waals surface area contributed by atoms with Gasteiger partial charge >= 0.3 is 11.3 Å². The summed E-state index contributed by atoms with van der Waals surface area (Å²) in [5.41, 5.74) is 0.449. The van der Waals surface area contributed by atoms with Crippen molar-refractivity contribution >= 4 is 11.0 Å². The molecule has 34 heavy (non-hydrogen) atoms. The van der Waals surface area contributed by atoms with Crippen LogP contribution in [0.25, 0.3) is 22.3 Å². The van der Waals surface area contributed by atoms with Crippen LogP contribution in [0.5, 0.6) is 28.7 Å². The minimum absolute atomic E-state index is 0. The molecule has 0 unspecified atom stereocenters. The quantitative estimate of drug-likeness (QED) is 0.188. The van der Waals surface area contributed by atoms with Crippen molar-refractivity contribution in [2.24, 2.45) is 0 Å². The molecule has 0 bridgehead atoms. The van der Waals surface area contributed by atoms with E-state index in [9.17, 15) is 35.7 Å². The maximum absolute atomic E-state index is 10.4. The molecule has 4 rings (SSSR count). The first-order valence-electron chi connectivity index (χ1n) is 9.91. The largest absolute Gasteiger partial charge is 1.00 e. The van der Waals surface area contributed by atoms with Crippen molar-refractivity contribution in [3.05, 3.63) is 36.4 Å². The summed E-state index contributed by atoms with van der Waals surface area (Å²) in [6, 6.07) is 8.02. The van der Waals surface area contributed by atoms with E-state index < -0.39 is 37.3 Å². The molecule has 5 atom stereocenters. The van der Waals surface area contributed by atoms with Crippen molar-refractivity contribution in [2.75, 3.05) is 13.7 Å². The molecule has 0 spiro atoms. The van der Waals surface area contributed by atoms with Crippen molar-refractivity contribution in [2.45, 2.75) is 30.7 Å². The van der Waals surface area contributed by atoms with E-state index in [1.807, 2.05) is 0 Å². The number of aliphatic hydroxyl groups excluding tert-OH is 4. The van der Waals surface area contributed by atoms with Gasteiger partial charge in [-0.1, -0.05) is 0 Å². The molecule has 0 amide bonds.